The predicted octanol–water partition coefficient (Wildman–Crippen LogP) is 1.67. The molecular formula is C12H23ClN2O. The van der Waals surface area contributed by atoms with Crippen molar-refractivity contribution in [1.29, 1.82) is 0 Å². The van der Waals surface area contributed by atoms with Gasteiger partial charge in [0.25, 0.3) is 0 Å². The first-order valence-electron chi connectivity index (χ1n) is 6.30. The van der Waals surface area contributed by atoms with Crippen molar-refractivity contribution in [2.45, 2.75) is 32.6 Å². The van der Waals surface area contributed by atoms with Gasteiger partial charge in [-0.15, -0.1) is 12.4 Å². The molecule has 0 unspecified atom stereocenters. The summed E-state index contributed by atoms with van der Waals surface area (Å²) < 4.78 is 0. The van der Waals surface area contributed by atoms with Crippen molar-refractivity contribution in [3.8, 4) is 0 Å². The summed E-state index contributed by atoms with van der Waals surface area (Å²) in [5.41, 5.74) is 0. The summed E-state index contributed by atoms with van der Waals surface area (Å²) in [5, 5.41) is 3.27. The molecule has 1 saturated carbocycles. The van der Waals surface area contributed by atoms with Gasteiger partial charge in [0.15, 0.2) is 0 Å². The summed E-state index contributed by atoms with van der Waals surface area (Å²) in [5.74, 6) is 1.47. The molecule has 2 aliphatic rings. The molecule has 1 aliphatic carbocycles. The number of hydrogen-bond donors (Lipinski definition) is 1. The molecule has 0 aromatic rings. The van der Waals surface area contributed by atoms with Crippen molar-refractivity contribution >= 4 is 18.3 Å². The normalized spacial score (nSPS) is 23.9. The van der Waals surface area contributed by atoms with Crippen LogP contribution < -0.4 is 5.32 Å². The molecule has 0 aromatic heterocycles. The van der Waals surface area contributed by atoms with Gasteiger partial charge in [-0.3, -0.25) is 4.79 Å². The van der Waals surface area contributed by atoms with E-state index in [1.165, 1.54) is 12.8 Å². The van der Waals surface area contributed by atoms with Gasteiger partial charge in [-0.1, -0.05) is 6.92 Å². The smallest absolute Gasteiger partial charge is 0.227 e. The molecule has 1 amide bonds. The van der Waals surface area contributed by atoms with Crippen LogP contribution in [0.1, 0.15) is 32.6 Å². The zero-order chi connectivity index (χ0) is 10.7. The third-order valence-corrected chi connectivity index (χ3v) is 3.39. The molecule has 1 atom stereocenters. The standard InChI is InChI=1S/C12H22N2O.ClH/c1-2-7-14(9-10-3-4-10)12(15)11-5-6-13-8-11;/h10-11,13H,2-9H2,1H3;1H/t11-;/m1./s1. The van der Waals surface area contributed by atoms with E-state index >= 15 is 0 Å². The van der Waals surface area contributed by atoms with E-state index < -0.39 is 0 Å². The molecule has 0 spiro atoms. The maximum atomic E-state index is 12.2. The number of nitrogens with zero attached hydrogens (tertiary/aromatic N) is 1. The Morgan fingerprint density at radius 3 is 2.62 bits per heavy atom. The lowest BCUT2D eigenvalue weighted by atomic mass is 10.1. The van der Waals surface area contributed by atoms with Crippen LogP contribution in [0.15, 0.2) is 0 Å². The Labute approximate surface area is 104 Å². The number of amides is 1. The number of carbonyl (C=O) groups excluding carboxylic acids is 1. The lowest BCUT2D eigenvalue weighted by Gasteiger charge is -2.24. The van der Waals surface area contributed by atoms with Crippen LogP contribution >= 0.6 is 12.4 Å². The molecule has 3 nitrogen and oxygen atoms in total. The SMILES string of the molecule is CCCN(CC1CC1)C(=O)[C@@H]1CCNC1.Cl. The van der Waals surface area contributed by atoms with E-state index in [9.17, 15) is 4.79 Å². The largest absolute Gasteiger partial charge is 0.342 e. The van der Waals surface area contributed by atoms with Crippen molar-refractivity contribution in [2.75, 3.05) is 26.2 Å². The van der Waals surface area contributed by atoms with Crippen LogP contribution in [0.3, 0.4) is 0 Å². The van der Waals surface area contributed by atoms with Gasteiger partial charge in [0.1, 0.15) is 0 Å². The second kappa shape index (κ2) is 6.45. The first-order valence-corrected chi connectivity index (χ1v) is 6.30. The Morgan fingerprint density at radius 1 is 1.38 bits per heavy atom. The van der Waals surface area contributed by atoms with Crippen molar-refractivity contribution in [3.05, 3.63) is 0 Å². The predicted molar refractivity (Wildman–Crippen MR) is 67.8 cm³/mol. The molecular weight excluding hydrogens is 224 g/mol. The lowest BCUT2D eigenvalue weighted by molar-refractivity contribution is -0.135. The van der Waals surface area contributed by atoms with Crippen LogP contribution in [0.5, 0.6) is 0 Å². The molecule has 1 N–H and O–H groups in total. The molecule has 4 heteroatoms. The zero-order valence-electron chi connectivity index (χ0n) is 10.1. The molecule has 94 valence electrons. The van der Waals surface area contributed by atoms with E-state index in [2.05, 4.69) is 17.1 Å². The topological polar surface area (TPSA) is 32.3 Å². The first kappa shape index (κ1) is 13.8. The van der Waals surface area contributed by atoms with Gasteiger partial charge in [-0.05, 0) is 38.1 Å². The minimum Gasteiger partial charge on any atom is -0.342 e. The number of carbonyl (C=O) groups is 1. The Kier molecular flexibility index (Phi) is 5.56. The Morgan fingerprint density at radius 2 is 2.12 bits per heavy atom. The second-order valence-electron chi connectivity index (χ2n) is 4.92. The molecule has 1 heterocycles. The third-order valence-electron chi connectivity index (χ3n) is 3.39. The number of halogens is 1. The summed E-state index contributed by atoms with van der Waals surface area (Å²) in [6, 6.07) is 0. The zero-order valence-corrected chi connectivity index (χ0v) is 10.9. The maximum Gasteiger partial charge on any atom is 0.227 e. The number of rotatable bonds is 5. The molecule has 0 aromatic carbocycles. The van der Waals surface area contributed by atoms with Crippen LogP contribution in [-0.2, 0) is 4.79 Å². The van der Waals surface area contributed by atoms with E-state index in [1.54, 1.807) is 0 Å². The van der Waals surface area contributed by atoms with E-state index in [0.29, 0.717) is 5.91 Å². The van der Waals surface area contributed by atoms with Crippen LogP contribution in [0, 0.1) is 11.8 Å². The monoisotopic (exact) mass is 246 g/mol. The van der Waals surface area contributed by atoms with E-state index in [4.69, 9.17) is 0 Å². The fourth-order valence-corrected chi connectivity index (χ4v) is 2.30. The van der Waals surface area contributed by atoms with Crippen LogP contribution in [0.2, 0.25) is 0 Å². The Bertz CT molecular complexity index is 225. The highest BCUT2D eigenvalue weighted by Gasteiger charge is 2.31. The van der Waals surface area contributed by atoms with Gasteiger partial charge in [0.05, 0.1) is 5.92 Å². The van der Waals surface area contributed by atoms with Crippen molar-refractivity contribution in [2.24, 2.45) is 11.8 Å². The Hall–Kier alpha value is -0.280. The molecule has 1 aliphatic heterocycles. The summed E-state index contributed by atoms with van der Waals surface area (Å²) >= 11 is 0. The number of hydrogen-bond acceptors (Lipinski definition) is 2. The summed E-state index contributed by atoms with van der Waals surface area (Å²) in [6.07, 6.45) is 4.77. The molecule has 2 fully saturated rings. The van der Waals surface area contributed by atoms with Crippen LogP contribution in [0.25, 0.3) is 0 Å². The fourth-order valence-electron chi connectivity index (χ4n) is 2.30. The van der Waals surface area contributed by atoms with Crippen molar-refractivity contribution in [3.63, 3.8) is 0 Å². The number of nitrogens with one attached hydrogen (secondary N) is 1. The molecule has 1 saturated heterocycles. The maximum absolute atomic E-state index is 12.2. The molecule has 0 radical (unpaired) electrons. The highest BCUT2D eigenvalue weighted by molar-refractivity contribution is 5.85. The summed E-state index contributed by atoms with van der Waals surface area (Å²) in [6.45, 7) is 6.03. The highest BCUT2D eigenvalue weighted by atomic mass is 35.5. The molecule has 2 rings (SSSR count). The average Bonchev–Trinajstić information content (AvgIpc) is 2.88. The average molecular weight is 247 g/mol. The minimum atomic E-state index is 0. The van der Waals surface area contributed by atoms with Crippen LogP contribution in [0.4, 0.5) is 0 Å². The third kappa shape index (κ3) is 3.63. The van der Waals surface area contributed by atoms with Gasteiger partial charge in [-0.2, -0.15) is 0 Å². The first-order chi connectivity index (χ1) is 7.31. The molecule has 16 heavy (non-hydrogen) atoms. The summed E-state index contributed by atoms with van der Waals surface area (Å²) in [4.78, 5) is 14.3. The quantitative estimate of drug-likeness (QED) is 0.801. The minimum absolute atomic E-state index is 0. The van der Waals surface area contributed by atoms with E-state index in [1.807, 2.05) is 0 Å². The van der Waals surface area contributed by atoms with Gasteiger partial charge < -0.3 is 10.2 Å². The van der Waals surface area contributed by atoms with Gasteiger partial charge in [0, 0.05) is 19.6 Å². The van der Waals surface area contributed by atoms with Crippen molar-refractivity contribution in [1.82, 2.24) is 10.2 Å². The highest BCUT2D eigenvalue weighted by Crippen LogP contribution is 2.30. The lowest BCUT2D eigenvalue weighted by Crippen LogP contribution is -2.38. The van der Waals surface area contributed by atoms with Gasteiger partial charge in [-0.25, -0.2) is 0 Å². The van der Waals surface area contributed by atoms with Crippen LogP contribution in [-0.4, -0.2) is 37.0 Å². The second-order valence-corrected chi connectivity index (χ2v) is 4.92. The summed E-state index contributed by atoms with van der Waals surface area (Å²) in [7, 11) is 0. The Balaban J connectivity index is 0.00000128. The molecule has 0 bridgehead atoms. The fraction of sp³-hybridized carbons (Fsp3) is 0.917. The van der Waals surface area contributed by atoms with E-state index in [0.717, 1.165) is 44.9 Å². The van der Waals surface area contributed by atoms with Gasteiger partial charge in [0.2, 0.25) is 5.91 Å². The van der Waals surface area contributed by atoms with Crippen molar-refractivity contribution < 1.29 is 4.79 Å². The van der Waals surface area contributed by atoms with Gasteiger partial charge >= 0.3 is 0 Å². The van der Waals surface area contributed by atoms with E-state index in [-0.39, 0.29) is 18.3 Å².